The number of rotatable bonds is 9. The number of nitrogens with one attached hydrogen (secondary N) is 3. The number of hydrogen-bond donors (Lipinski definition) is 4. The first-order chi connectivity index (χ1) is 17.4. The van der Waals surface area contributed by atoms with Crippen LogP contribution in [0, 0.1) is 12.8 Å². The number of aromatic amines is 1. The number of allylic oxidation sites excluding steroid dienone is 1. The van der Waals surface area contributed by atoms with Gasteiger partial charge in [-0.05, 0) is 43.8 Å². The van der Waals surface area contributed by atoms with Gasteiger partial charge in [-0.2, -0.15) is 0 Å². The Morgan fingerprint density at radius 2 is 2.14 bits per heavy atom. The van der Waals surface area contributed by atoms with Crippen LogP contribution in [0.2, 0.25) is 5.15 Å². The molecular weight excluding hydrogens is 520 g/mol. The van der Waals surface area contributed by atoms with Crippen LogP contribution in [0.25, 0.3) is 6.08 Å². The molecule has 190 valence electrons. The van der Waals surface area contributed by atoms with E-state index in [4.69, 9.17) is 17.3 Å². The molecule has 10 nitrogen and oxygen atoms in total. The first kappa shape index (κ1) is 26.0. The number of halogens is 1. The van der Waals surface area contributed by atoms with E-state index in [-0.39, 0.29) is 22.1 Å². The number of amidine groups is 1. The molecule has 1 aliphatic carbocycles. The average Bonchev–Trinajstić information content (AvgIpc) is 3.59. The maximum absolute atomic E-state index is 12.8. The van der Waals surface area contributed by atoms with Gasteiger partial charge in [0.05, 0.1) is 11.9 Å². The minimum Gasteiger partial charge on any atom is -0.383 e. The number of nitrogens with zero attached hydrogens (tertiary/aromatic N) is 4. The number of anilines is 3. The summed E-state index contributed by atoms with van der Waals surface area (Å²) < 4.78 is 2.69. The number of amides is 1. The van der Waals surface area contributed by atoms with Crippen molar-refractivity contribution in [1.82, 2.24) is 19.3 Å². The molecule has 1 aliphatic rings. The van der Waals surface area contributed by atoms with E-state index in [0.717, 1.165) is 29.3 Å². The second-order valence-corrected chi connectivity index (χ2v) is 10.6. The topological polar surface area (TPSA) is 151 Å². The van der Waals surface area contributed by atoms with Crippen molar-refractivity contribution in [2.45, 2.75) is 46.0 Å². The molecule has 5 N–H and O–H groups in total. The van der Waals surface area contributed by atoms with Gasteiger partial charge in [-0.15, -0.1) is 0 Å². The number of carbonyl (C=O) groups is 1. The Morgan fingerprint density at radius 1 is 1.36 bits per heavy atom. The molecule has 3 heterocycles. The first-order valence-corrected chi connectivity index (χ1v) is 13.6. The van der Waals surface area contributed by atoms with Crippen LogP contribution in [0.1, 0.15) is 65.8 Å². The third-order valence-electron chi connectivity index (χ3n) is 5.82. The Labute approximate surface area is 221 Å². The lowest BCUT2D eigenvalue weighted by molar-refractivity contribution is 0.103. The SMILES string of the molecule is CC=Cc1nc(C)c(NC(=O)c2cnc(Nc3s[nH]c(=O)c3C(N)=NCCC3CCCC3)s2)c(Cl)n1. The molecule has 3 aromatic heterocycles. The van der Waals surface area contributed by atoms with E-state index in [1.54, 1.807) is 19.1 Å². The zero-order valence-electron chi connectivity index (χ0n) is 19.9. The van der Waals surface area contributed by atoms with Crippen LogP contribution in [0.5, 0.6) is 0 Å². The Hall–Kier alpha value is -3.09. The Bertz CT molecular complexity index is 1330. The van der Waals surface area contributed by atoms with Crippen LogP contribution in [0.3, 0.4) is 0 Å². The van der Waals surface area contributed by atoms with Crippen LogP contribution in [-0.4, -0.2) is 37.6 Å². The van der Waals surface area contributed by atoms with Gasteiger partial charge in [0.1, 0.15) is 27.0 Å². The second kappa shape index (κ2) is 11.8. The lowest BCUT2D eigenvalue weighted by Gasteiger charge is -2.09. The molecule has 0 radical (unpaired) electrons. The number of H-pyrrole nitrogens is 1. The highest BCUT2D eigenvalue weighted by Crippen LogP contribution is 2.29. The van der Waals surface area contributed by atoms with E-state index >= 15 is 0 Å². The molecule has 4 rings (SSSR count). The molecule has 1 saturated carbocycles. The van der Waals surface area contributed by atoms with E-state index < -0.39 is 5.91 Å². The number of hydrogen-bond acceptors (Lipinski definition) is 9. The van der Waals surface area contributed by atoms with Gasteiger partial charge in [0.25, 0.3) is 11.5 Å². The number of carbonyl (C=O) groups excluding carboxylic acids is 1. The van der Waals surface area contributed by atoms with Crippen molar-refractivity contribution in [2.75, 3.05) is 17.2 Å². The average molecular weight is 547 g/mol. The summed E-state index contributed by atoms with van der Waals surface area (Å²) in [5.74, 6) is 0.948. The normalized spacial score (nSPS) is 14.6. The number of aliphatic imine (C=N–C) groups is 1. The Morgan fingerprint density at radius 3 is 2.86 bits per heavy atom. The first-order valence-electron chi connectivity index (χ1n) is 11.6. The van der Waals surface area contributed by atoms with Gasteiger partial charge < -0.3 is 16.4 Å². The molecule has 0 aromatic carbocycles. The zero-order valence-corrected chi connectivity index (χ0v) is 22.3. The van der Waals surface area contributed by atoms with E-state index in [2.05, 4.69) is 35.0 Å². The van der Waals surface area contributed by atoms with Crippen molar-refractivity contribution in [3.8, 4) is 0 Å². The molecule has 0 saturated heterocycles. The van der Waals surface area contributed by atoms with Gasteiger partial charge >= 0.3 is 0 Å². The molecule has 36 heavy (non-hydrogen) atoms. The molecule has 0 unspecified atom stereocenters. The molecule has 0 bridgehead atoms. The van der Waals surface area contributed by atoms with Crippen LogP contribution in [-0.2, 0) is 0 Å². The minimum atomic E-state index is -0.400. The second-order valence-electron chi connectivity index (χ2n) is 8.39. The number of aromatic nitrogens is 4. The zero-order chi connectivity index (χ0) is 25.7. The maximum Gasteiger partial charge on any atom is 0.271 e. The highest BCUT2D eigenvalue weighted by Gasteiger charge is 2.20. The quantitative estimate of drug-likeness (QED) is 0.168. The fraction of sp³-hybridized carbons (Fsp3) is 0.391. The highest BCUT2D eigenvalue weighted by atomic mass is 35.5. The summed E-state index contributed by atoms with van der Waals surface area (Å²) in [6, 6.07) is 0. The van der Waals surface area contributed by atoms with Crippen LogP contribution < -0.4 is 21.9 Å². The predicted molar refractivity (Wildman–Crippen MR) is 147 cm³/mol. The van der Waals surface area contributed by atoms with Crippen LogP contribution >= 0.6 is 34.5 Å². The van der Waals surface area contributed by atoms with Crippen molar-refractivity contribution in [1.29, 1.82) is 0 Å². The van der Waals surface area contributed by atoms with Crippen molar-refractivity contribution in [2.24, 2.45) is 16.6 Å². The van der Waals surface area contributed by atoms with E-state index in [1.807, 2.05) is 6.92 Å². The fourth-order valence-electron chi connectivity index (χ4n) is 4.00. The van der Waals surface area contributed by atoms with Gasteiger partial charge in [-0.3, -0.25) is 19.0 Å². The summed E-state index contributed by atoms with van der Waals surface area (Å²) in [5, 5.41) is 6.91. The molecule has 0 atom stereocenters. The number of nitrogens with two attached hydrogens (primary N) is 1. The van der Waals surface area contributed by atoms with Crippen molar-refractivity contribution >= 4 is 68.1 Å². The summed E-state index contributed by atoms with van der Waals surface area (Å²) >= 11 is 8.49. The van der Waals surface area contributed by atoms with Crippen molar-refractivity contribution in [3.05, 3.63) is 49.7 Å². The Kier molecular flexibility index (Phi) is 8.49. The molecule has 0 aliphatic heterocycles. The largest absolute Gasteiger partial charge is 0.383 e. The predicted octanol–water partition coefficient (Wildman–Crippen LogP) is 4.96. The molecule has 1 amide bonds. The summed E-state index contributed by atoms with van der Waals surface area (Å²) in [5.41, 5.74) is 7.02. The maximum atomic E-state index is 12.8. The van der Waals surface area contributed by atoms with Gasteiger partial charge in [0, 0.05) is 6.54 Å². The lowest BCUT2D eigenvalue weighted by Crippen LogP contribution is -2.22. The minimum absolute atomic E-state index is 0.149. The van der Waals surface area contributed by atoms with Crippen molar-refractivity contribution in [3.63, 3.8) is 0 Å². The van der Waals surface area contributed by atoms with E-state index in [9.17, 15) is 9.59 Å². The Balaban J connectivity index is 1.44. The number of aryl methyl sites for hydroxylation is 1. The third-order valence-corrected chi connectivity index (χ3v) is 7.80. The monoisotopic (exact) mass is 546 g/mol. The van der Waals surface area contributed by atoms with E-state index in [1.165, 1.54) is 31.9 Å². The van der Waals surface area contributed by atoms with E-state index in [0.29, 0.717) is 44.7 Å². The molecular formula is C23H27ClN8O2S2. The molecule has 1 fully saturated rings. The van der Waals surface area contributed by atoms with Gasteiger partial charge in [0.2, 0.25) is 0 Å². The summed E-state index contributed by atoms with van der Waals surface area (Å²) in [6.07, 6.45) is 11.0. The smallest absolute Gasteiger partial charge is 0.271 e. The van der Waals surface area contributed by atoms with Crippen LogP contribution in [0.4, 0.5) is 15.8 Å². The van der Waals surface area contributed by atoms with Gasteiger partial charge in [-0.25, -0.2) is 15.0 Å². The van der Waals surface area contributed by atoms with Gasteiger partial charge in [-0.1, -0.05) is 54.7 Å². The summed E-state index contributed by atoms with van der Waals surface area (Å²) in [4.78, 5) is 42.7. The third kappa shape index (κ3) is 6.18. The van der Waals surface area contributed by atoms with Gasteiger partial charge in [0.15, 0.2) is 16.1 Å². The molecule has 0 spiro atoms. The lowest BCUT2D eigenvalue weighted by atomic mass is 10.0. The van der Waals surface area contributed by atoms with Crippen molar-refractivity contribution < 1.29 is 4.79 Å². The van der Waals surface area contributed by atoms with Crippen LogP contribution in [0.15, 0.2) is 22.1 Å². The standard InChI is InChI=1S/C23H27ClN8O2S2/c1-3-6-15-28-12(2)17(18(24)29-15)30-20(33)14-11-27-23(35-14)31-22-16(21(34)32-36-22)19(25)26-10-9-13-7-4-5-8-13/h3,6,11,13H,4-5,7-10H2,1-2H3,(H2,25,26)(H,27,31)(H,30,33)(H,32,34). The molecule has 3 aromatic rings. The highest BCUT2D eigenvalue weighted by molar-refractivity contribution is 7.18. The summed E-state index contributed by atoms with van der Waals surface area (Å²) in [7, 11) is 0. The molecule has 13 heteroatoms. The fourth-order valence-corrected chi connectivity index (χ4v) is 5.80. The summed E-state index contributed by atoms with van der Waals surface area (Å²) in [6.45, 7) is 4.18. The number of thiazole rings is 1.